The first-order valence-electron chi connectivity index (χ1n) is 16.4. The average Bonchev–Trinajstić information content (AvgIpc) is 3.41. The van der Waals surface area contributed by atoms with Crippen molar-refractivity contribution in [1.29, 1.82) is 0 Å². The molecule has 4 atom stereocenters. The first-order valence-corrected chi connectivity index (χ1v) is 19.0. The van der Waals surface area contributed by atoms with E-state index in [0.717, 1.165) is 55.1 Å². The minimum atomic E-state index is -1.14. The van der Waals surface area contributed by atoms with Crippen molar-refractivity contribution in [3.8, 4) is 11.5 Å². The van der Waals surface area contributed by atoms with E-state index in [1.165, 1.54) is 55.5 Å². The maximum Gasteiger partial charge on any atom is 0.352 e. The number of nitrogens with one attached hydrogen (secondary N) is 1. The van der Waals surface area contributed by atoms with E-state index in [0.29, 0.717) is 19.0 Å². The number of nitrogens with two attached hydrogens (primary N) is 1. The summed E-state index contributed by atoms with van der Waals surface area (Å²) in [7, 11) is -0.743. The Balaban J connectivity index is 0.000000321. The van der Waals surface area contributed by atoms with Gasteiger partial charge in [0.25, 0.3) is 0 Å². The average molecular weight is 683 g/mol. The molecular weight excluding hydrogens is 629 g/mol. The molecule has 1 heterocycles. The van der Waals surface area contributed by atoms with Crippen LogP contribution in [0.5, 0.6) is 11.5 Å². The van der Waals surface area contributed by atoms with Gasteiger partial charge in [-0.1, -0.05) is 71.9 Å². The highest BCUT2D eigenvalue weighted by Gasteiger charge is 2.50. The number of aliphatic carboxylic acids is 2. The summed E-state index contributed by atoms with van der Waals surface area (Å²) in [6, 6.07) is 5.16. The molecule has 0 aromatic heterocycles. The molecule has 1 aromatic carbocycles. The number of rotatable bonds is 21. The quantitative estimate of drug-likeness (QED) is 0.0908. The van der Waals surface area contributed by atoms with Crippen molar-refractivity contribution in [2.45, 2.75) is 110 Å². The third kappa shape index (κ3) is 14.9. The molecule has 2 unspecified atom stereocenters. The molecule has 5 N–H and O–H groups in total. The monoisotopic (exact) mass is 682 g/mol. The van der Waals surface area contributed by atoms with Gasteiger partial charge in [-0.15, -0.1) is 0 Å². The molecule has 0 bridgehead atoms. The smallest absolute Gasteiger partial charge is 0.352 e. The number of carbonyl (C=O) groups excluding carboxylic acids is 1. The van der Waals surface area contributed by atoms with Crippen molar-refractivity contribution >= 4 is 40.4 Å². The number of amides is 1. The predicted octanol–water partition coefficient (Wildman–Crippen LogP) is 5.89. The molecule has 1 aliphatic carbocycles. The number of thioether (sulfide) groups is 1. The van der Waals surface area contributed by atoms with Gasteiger partial charge < -0.3 is 30.7 Å². The fraction of sp³-hybridized carbons (Fsp3) is 0.676. The van der Waals surface area contributed by atoms with E-state index in [-0.39, 0.29) is 28.2 Å². The summed E-state index contributed by atoms with van der Waals surface area (Å²) in [5, 5.41) is 20.5. The largest absolute Gasteiger partial charge is 0.480 e. The molecule has 1 amide bonds. The molecule has 0 saturated heterocycles. The van der Waals surface area contributed by atoms with Crippen molar-refractivity contribution in [2.24, 2.45) is 17.1 Å². The molecule has 3 rings (SSSR count). The number of hydrogen-bond donors (Lipinski definition) is 4. The summed E-state index contributed by atoms with van der Waals surface area (Å²) in [4.78, 5) is 33.7. The number of carboxylic acids is 2. The van der Waals surface area contributed by atoms with Crippen LogP contribution in [0.25, 0.3) is 0 Å². The van der Waals surface area contributed by atoms with Gasteiger partial charge in [0, 0.05) is 33.5 Å². The topological polar surface area (TPSA) is 165 Å². The Hall–Kier alpha value is -2.57. The zero-order valence-corrected chi connectivity index (χ0v) is 29.5. The zero-order chi connectivity index (χ0) is 34.1. The Morgan fingerprint density at radius 3 is 2.41 bits per heavy atom. The summed E-state index contributed by atoms with van der Waals surface area (Å²) in [5.41, 5.74) is 6.46. The van der Waals surface area contributed by atoms with Gasteiger partial charge in [0.15, 0.2) is 11.5 Å². The predicted molar refractivity (Wildman–Crippen MR) is 185 cm³/mol. The number of hydrogen-bond acceptors (Lipinski definition) is 8. The first kappa shape index (κ1) is 39.6. The van der Waals surface area contributed by atoms with Crippen LogP contribution < -0.4 is 20.5 Å². The number of carbonyl (C=O) groups is 3. The summed E-state index contributed by atoms with van der Waals surface area (Å²) >= 11 is 1.46. The molecule has 0 spiro atoms. The lowest BCUT2D eigenvalue weighted by atomic mass is 10.1. The SMILES string of the molecule is CC1(C)C[C@@H]1C(=O)N/C(=C\CCCCSC[C@H](N)C(=O)O)C(=O)O.CCCCCCCCS(=O)C(C)Cc1ccc2c(c1)OCO2. The normalized spacial score (nSPS) is 18.1. The second kappa shape index (κ2) is 20.6. The highest BCUT2D eigenvalue weighted by Crippen LogP contribution is 2.51. The molecule has 260 valence electrons. The van der Waals surface area contributed by atoms with E-state index in [4.69, 9.17) is 25.4 Å². The number of benzene rings is 1. The van der Waals surface area contributed by atoms with Crippen molar-refractivity contribution < 1.29 is 38.3 Å². The van der Waals surface area contributed by atoms with E-state index in [1.54, 1.807) is 0 Å². The molecule has 12 heteroatoms. The second-order valence-corrected chi connectivity index (χ2v) is 15.9. The van der Waals surface area contributed by atoms with Crippen LogP contribution in [0.15, 0.2) is 30.0 Å². The van der Waals surface area contributed by atoms with Gasteiger partial charge in [-0.2, -0.15) is 11.8 Å². The van der Waals surface area contributed by atoms with Gasteiger partial charge in [-0.05, 0) is 67.4 Å². The molecule has 10 nitrogen and oxygen atoms in total. The lowest BCUT2D eigenvalue weighted by molar-refractivity contribution is -0.138. The van der Waals surface area contributed by atoms with Crippen LogP contribution in [-0.2, 0) is 31.6 Å². The summed E-state index contributed by atoms with van der Waals surface area (Å²) in [6.45, 7) is 8.58. The van der Waals surface area contributed by atoms with Crippen molar-refractivity contribution in [2.75, 3.05) is 24.1 Å². The van der Waals surface area contributed by atoms with Crippen LogP contribution in [-0.4, -0.2) is 67.6 Å². The highest BCUT2D eigenvalue weighted by atomic mass is 32.2. The Kier molecular flexibility index (Phi) is 17.8. The Morgan fingerprint density at radius 2 is 1.76 bits per heavy atom. The van der Waals surface area contributed by atoms with Crippen LogP contribution in [0.3, 0.4) is 0 Å². The fourth-order valence-electron chi connectivity index (χ4n) is 4.92. The number of allylic oxidation sites excluding steroid dienone is 1. The van der Waals surface area contributed by atoms with E-state index in [1.807, 2.05) is 32.0 Å². The molecule has 1 saturated carbocycles. The van der Waals surface area contributed by atoms with Crippen LogP contribution in [0.4, 0.5) is 0 Å². The van der Waals surface area contributed by atoms with E-state index >= 15 is 0 Å². The second-order valence-electron chi connectivity index (χ2n) is 12.7. The minimum Gasteiger partial charge on any atom is -0.480 e. The van der Waals surface area contributed by atoms with Gasteiger partial charge >= 0.3 is 11.9 Å². The van der Waals surface area contributed by atoms with Crippen molar-refractivity contribution in [3.05, 3.63) is 35.5 Å². The highest BCUT2D eigenvalue weighted by molar-refractivity contribution is 7.99. The van der Waals surface area contributed by atoms with Crippen LogP contribution in [0.1, 0.15) is 97.5 Å². The van der Waals surface area contributed by atoms with Crippen LogP contribution >= 0.6 is 11.8 Å². The van der Waals surface area contributed by atoms with E-state index in [2.05, 4.69) is 19.2 Å². The van der Waals surface area contributed by atoms with Gasteiger partial charge in [-0.3, -0.25) is 13.8 Å². The van der Waals surface area contributed by atoms with Crippen LogP contribution in [0.2, 0.25) is 0 Å². The van der Waals surface area contributed by atoms with Gasteiger partial charge in [0.2, 0.25) is 12.7 Å². The molecule has 46 heavy (non-hydrogen) atoms. The molecular formula is C34H54N2O8S2. The molecule has 1 aliphatic heterocycles. The Labute approximate surface area is 281 Å². The van der Waals surface area contributed by atoms with Crippen LogP contribution in [0, 0.1) is 11.3 Å². The first-order chi connectivity index (χ1) is 21.9. The lowest BCUT2D eigenvalue weighted by Gasteiger charge is -2.12. The van der Waals surface area contributed by atoms with Crippen molar-refractivity contribution in [1.82, 2.24) is 5.32 Å². The number of unbranched alkanes of at least 4 members (excludes halogenated alkanes) is 7. The number of ether oxygens (including phenoxy) is 2. The van der Waals surface area contributed by atoms with Gasteiger partial charge in [0.05, 0.1) is 0 Å². The maximum atomic E-state index is 12.3. The third-order valence-corrected chi connectivity index (χ3v) is 11.1. The summed E-state index contributed by atoms with van der Waals surface area (Å²) in [5.74, 6) is 1.09. The van der Waals surface area contributed by atoms with E-state index < -0.39 is 28.8 Å². The van der Waals surface area contributed by atoms with Crippen molar-refractivity contribution in [3.63, 3.8) is 0 Å². The van der Waals surface area contributed by atoms with Gasteiger partial charge in [-0.25, -0.2) is 4.79 Å². The maximum absolute atomic E-state index is 12.3. The summed E-state index contributed by atoms with van der Waals surface area (Å²) < 4.78 is 23.0. The number of carboxylic acid groups (broad SMARTS) is 2. The standard InChI is InChI=1S/C18H28O3S.C16H26N2O5S/c1-3-4-5-6-7-8-11-22(19)15(2)12-16-9-10-17-18(13-16)21-14-20-17;1-16(2)8-10(16)13(19)18-12(15(22)23)6-4-3-5-7-24-9-11(17)14(20)21/h9-10,13,15H,3-8,11-12,14H2,1-2H3;6,10-11H,3-5,7-9,17H2,1-2H3,(H,18,19)(H,20,21)(H,22,23)/b;12-6-/t;10-,11+/m.1/s1. The number of fused-ring (bicyclic) bond motifs is 1. The molecule has 1 aromatic rings. The third-order valence-electron chi connectivity index (χ3n) is 8.13. The lowest BCUT2D eigenvalue weighted by Crippen LogP contribution is -2.32. The molecule has 1 fully saturated rings. The Morgan fingerprint density at radius 1 is 1.09 bits per heavy atom. The van der Waals surface area contributed by atoms with Gasteiger partial charge in [0.1, 0.15) is 11.7 Å². The minimum absolute atomic E-state index is 0.0400. The van der Waals surface area contributed by atoms with E-state index in [9.17, 15) is 18.6 Å². The fourth-order valence-corrected chi connectivity index (χ4v) is 7.16. The molecule has 0 radical (unpaired) electrons. The Bertz CT molecular complexity index is 1190. The molecule has 2 aliphatic rings. The zero-order valence-electron chi connectivity index (χ0n) is 27.9. The summed E-state index contributed by atoms with van der Waals surface area (Å²) in [6.07, 6.45) is 12.8.